The number of carbonyl (C=O) groups excluding carboxylic acids is 1. The fourth-order valence-electron chi connectivity index (χ4n) is 3.54. The molecule has 1 unspecified atom stereocenters. The topological polar surface area (TPSA) is 77.8 Å². The van der Waals surface area contributed by atoms with Crippen molar-refractivity contribution in [2.45, 2.75) is 30.9 Å². The van der Waals surface area contributed by atoms with Crippen LogP contribution < -0.4 is 0 Å². The Bertz CT molecular complexity index is 747. The van der Waals surface area contributed by atoms with Gasteiger partial charge in [-0.15, -0.1) is 0 Å². The molecule has 0 aromatic heterocycles. The molecule has 1 amide bonds. The van der Waals surface area contributed by atoms with Crippen LogP contribution in [0, 0.1) is 0 Å². The summed E-state index contributed by atoms with van der Waals surface area (Å²) < 4.78 is 0. The largest absolute Gasteiger partial charge is 0.479 e. The summed E-state index contributed by atoms with van der Waals surface area (Å²) >= 11 is 0. The minimum Gasteiger partial charge on any atom is -0.479 e. The van der Waals surface area contributed by atoms with Crippen LogP contribution in [0.1, 0.15) is 30.1 Å². The van der Waals surface area contributed by atoms with E-state index in [0.29, 0.717) is 24.9 Å². The molecule has 0 spiro atoms. The third-order valence-corrected chi connectivity index (χ3v) is 4.84. The normalized spacial score (nSPS) is 21.1. The third kappa shape index (κ3) is 3.28. The summed E-state index contributed by atoms with van der Waals surface area (Å²) in [6.07, 6.45) is -0.137. The van der Waals surface area contributed by atoms with Gasteiger partial charge in [0, 0.05) is 13.0 Å². The molecular formula is C20H21NO4. The van der Waals surface area contributed by atoms with Crippen LogP contribution in [-0.4, -0.2) is 39.1 Å². The molecule has 3 rings (SSSR count). The number of nitrogens with zero attached hydrogens (tertiary/aromatic N) is 1. The molecule has 2 aromatic rings. The quantitative estimate of drug-likeness (QED) is 0.877. The zero-order chi connectivity index (χ0) is 17.9. The summed E-state index contributed by atoms with van der Waals surface area (Å²) in [6.45, 7) is 0.335. The van der Waals surface area contributed by atoms with Crippen molar-refractivity contribution in [3.05, 3.63) is 71.8 Å². The van der Waals surface area contributed by atoms with Gasteiger partial charge < -0.3 is 15.1 Å². The molecule has 2 atom stereocenters. The van der Waals surface area contributed by atoms with E-state index >= 15 is 0 Å². The van der Waals surface area contributed by atoms with Gasteiger partial charge in [0.05, 0.1) is 0 Å². The molecule has 1 saturated heterocycles. The molecule has 0 radical (unpaired) electrons. The molecule has 0 aliphatic carbocycles. The molecule has 1 aliphatic rings. The second-order valence-corrected chi connectivity index (χ2v) is 6.41. The molecule has 5 nitrogen and oxygen atoms in total. The fourth-order valence-corrected chi connectivity index (χ4v) is 3.54. The lowest BCUT2D eigenvalue weighted by Crippen LogP contribution is -2.55. The molecule has 2 N–H and O–H groups in total. The lowest BCUT2D eigenvalue weighted by molar-refractivity contribution is -0.160. The van der Waals surface area contributed by atoms with E-state index in [1.807, 2.05) is 30.3 Å². The van der Waals surface area contributed by atoms with Crippen molar-refractivity contribution in [3.63, 3.8) is 0 Å². The number of aliphatic carboxylic acids is 1. The Hall–Kier alpha value is -2.66. The highest BCUT2D eigenvalue weighted by Gasteiger charge is 2.51. The van der Waals surface area contributed by atoms with Crippen molar-refractivity contribution in [1.29, 1.82) is 0 Å². The maximum absolute atomic E-state index is 12.9. The van der Waals surface area contributed by atoms with Crippen molar-refractivity contribution < 1.29 is 19.8 Å². The molecule has 0 bridgehead atoms. The van der Waals surface area contributed by atoms with Crippen molar-refractivity contribution in [2.24, 2.45) is 0 Å². The van der Waals surface area contributed by atoms with Gasteiger partial charge in [-0.25, -0.2) is 4.79 Å². The van der Waals surface area contributed by atoms with Crippen LogP contribution >= 0.6 is 0 Å². The van der Waals surface area contributed by atoms with Crippen molar-refractivity contribution in [1.82, 2.24) is 4.90 Å². The smallest absolute Gasteiger partial charge is 0.329 e. The van der Waals surface area contributed by atoms with Gasteiger partial charge in [0.1, 0.15) is 5.54 Å². The summed E-state index contributed by atoms with van der Waals surface area (Å²) in [5, 5.41) is 20.4. The van der Waals surface area contributed by atoms with Crippen LogP contribution in [0.4, 0.5) is 0 Å². The minimum absolute atomic E-state index is 0.233. The number of benzene rings is 2. The van der Waals surface area contributed by atoms with Gasteiger partial charge in [-0.2, -0.15) is 0 Å². The Morgan fingerprint density at radius 2 is 1.64 bits per heavy atom. The standard InChI is InChI=1S/C20H21NO4/c22-17(16-10-5-2-6-11-16)18(23)21-13-7-12-20(21,19(24)25)14-15-8-3-1-4-9-15/h1-6,8-11,17,22H,7,12-14H2,(H,24,25)/t17?,20-/m1/s1. The molecule has 1 aliphatic heterocycles. The van der Waals surface area contributed by atoms with E-state index in [-0.39, 0.29) is 6.42 Å². The molecule has 5 heteroatoms. The molecule has 0 saturated carbocycles. The lowest BCUT2D eigenvalue weighted by Gasteiger charge is -2.36. The van der Waals surface area contributed by atoms with E-state index in [0.717, 1.165) is 5.56 Å². The average Bonchev–Trinajstić information content (AvgIpc) is 3.07. The van der Waals surface area contributed by atoms with Gasteiger partial charge in [-0.3, -0.25) is 4.79 Å². The number of carboxylic acids is 1. The van der Waals surface area contributed by atoms with E-state index in [2.05, 4.69) is 0 Å². The summed E-state index contributed by atoms with van der Waals surface area (Å²) in [7, 11) is 0. The number of carboxylic acid groups (broad SMARTS) is 1. The predicted octanol–water partition coefficient (Wildman–Crippen LogP) is 2.41. The first-order chi connectivity index (χ1) is 12.0. The van der Waals surface area contributed by atoms with Crippen LogP contribution in [0.25, 0.3) is 0 Å². The molecule has 130 valence electrons. The first-order valence-corrected chi connectivity index (χ1v) is 8.36. The number of amides is 1. The van der Waals surface area contributed by atoms with Gasteiger partial charge in [0.25, 0.3) is 5.91 Å². The summed E-state index contributed by atoms with van der Waals surface area (Å²) in [4.78, 5) is 26.3. The number of aliphatic hydroxyl groups is 1. The number of rotatable bonds is 5. The van der Waals surface area contributed by atoms with Crippen LogP contribution in [0.5, 0.6) is 0 Å². The Kier molecular flexibility index (Phi) is 4.86. The SMILES string of the molecule is O=C(C(O)c1ccccc1)N1CCC[C@@]1(Cc1ccccc1)C(=O)O. The Morgan fingerprint density at radius 1 is 1.04 bits per heavy atom. The van der Waals surface area contributed by atoms with Crippen LogP contribution in [-0.2, 0) is 16.0 Å². The predicted molar refractivity (Wildman–Crippen MR) is 92.9 cm³/mol. The van der Waals surface area contributed by atoms with Crippen LogP contribution in [0.3, 0.4) is 0 Å². The maximum Gasteiger partial charge on any atom is 0.329 e. The number of carbonyl (C=O) groups is 2. The van der Waals surface area contributed by atoms with E-state index in [9.17, 15) is 19.8 Å². The van der Waals surface area contributed by atoms with Crippen molar-refractivity contribution in [2.75, 3.05) is 6.54 Å². The van der Waals surface area contributed by atoms with E-state index in [1.54, 1.807) is 30.3 Å². The summed E-state index contributed by atoms with van der Waals surface area (Å²) in [5.41, 5.74) is 0.0194. The van der Waals surface area contributed by atoms with E-state index < -0.39 is 23.5 Å². The lowest BCUT2D eigenvalue weighted by atomic mass is 9.87. The molecule has 1 heterocycles. The second kappa shape index (κ2) is 7.07. The zero-order valence-electron chi connectivity index (χ0n) is 13.8. The Balaban J connectivity index is 1.90. The summed E-state index contributed by atoms with van der Waals surface area (Å²) in [6, 6.07) is 17.9. The van der Waals surface area contributed by atoms with Crippen LogP contribution in [0.15, 0.2) is 60.7 Å². The Labute approximate surface area is 146 Å². The maximum atomic E-state index is 12.9. The average molecular weight is 339 g/mol. The van der Waals surface area contributed by atoms with E-state index in [1.165, 1.54) is 4.90 Å². The molecule has 25 heavy (non-hydrogen) atoms. The van der Waals surface area contributed by atoms with Gasteiger partial charge >= 0.3 is 5.97 Å². The monoisotopic (exact) mass is 339 g/mol. The van der Waals surface area contributed by atoms with E-state index in [4.69, 9.17) is 0 Å². The number of hydrogen-bond acceptors (Lipinski definition) is 3. The van der Waals surface area contributed by atoms with Crippen molar-refractivity contribution >= 4 is 11.9 Å². The van der Waals surface area contributed by atoms with Crippen LogP contribution in [0.2, 0.25) is 0 Å². The van der Waals surface area contributed by atoms with Gasteiger partial charge in [-0.1, -0.05) is 60.7 Å². The molecular weight excluding hydrogens is 318 g/mol. The number of likely N-dealkylation sites (tertiary alicyclic amines) is 1. The third-order valence-electron chi connectivity index (χ3n) is 4.84. The first-order valence-electron chi connectivity index (χ1n) is 8.36. The summed E-state index contributed by atoms with van der Waals surface area (Å²) in [5.74, 6) is -1.58. The highest BCUT2D eigenvalue weighted by Crippen LogP contribution is 2.35. The first kappa shape index (κ1) is 17.2. The highest BCUT2D eigenvalue weighted by molar-refractivity contribution is 5.90. The number of aliphatic hydroxyl groups excluding tert-OH is 1. The van der Waals surface area contributed by atoms with Crippen molar-refractivity contribution in [3.8, 4) is 0 Å². The zero-order valence-corrected chi connectivity index (χ0v) is 13.8. The van der Waals surface area contributed by atoms with Gasteiger partial charge in [-0.05, 0) is 24.0 Å². The van der Waals surface area contributed by atoms with Gasteiger partial charge in [0.15, 0.2) is 6.10 Å². The highest BCUT2D eigenvalue weighted by atomic mass is 16.4. The molecule has 1 fully saturated rings. The Morgan fingerprint density at radius 3 is 2.24 bits per heavy atom. The number of hydrogen-bond donors (Lipinski definition) is 2. The molecule has 2 aromatic carbocycles. The minimum atomic E-state index is -1.35. The second-order valence-electron chi connectivity index (χ2n) is 6.41. The van der Waals surface area contributed by atoms with Gasteiger partial charge in [0.2, 0.25) is 0 Å². The fraction of sp³-hybridized carbons (Fsp3) is 0.300.